The Hall–Kier alpha value is -3.58. The number of aromatic nitrogens is 3. The van der Waals surface area contributed by atoms with Crippen molar-refractivity contribution in [3.8, 4) is 22.5 Å². The van der Waals surface area contributed by atoms with Crippen molar-refractivity contribution in [2.24, 2.45) is 0 Å². The number of hydrogen-bond acceptors (Lipinski definition) is 4. The van der Waals surface area contributed by atoms with E-state index < -0.39 is 0 Å². The molecule has 150 valence electrons. The first kappa shape index (κ1) is 18.4. The van der Waals surface area contributed by atoms with Crippen LogP contribution in [0.25, 0.3) is 28.2 Å². The molecule has 0 atom stereocenters. The molecule has 0 aliphatic carbocycles. The number of nitrogens with zero attached hydrogens (tertiary/aromatic N) is 4. The van der Waals surface area contributed by atoms with Crippen molar-refractivity contribution >= 4 is 11.6 Å². The van der Waals surface area contributed by atoms with Gasteiger partial charge < -0.3 is 9.64 Å². The number of amides is 1. The number of ether oxygens (including phenoxy) is 1. The molecule has 7 heteroatoms. The maximum absolute atomic E-state index is 14.5. The van der Waals surface area contributed by atoms with E-state index in [9.17, 15) is 9.18 Å². The number of benzene rings is 2. The van der Waals surface area contributed by atoms with Crippen LogP contribution < -0.4 is 0 Å². The van der Waals surface area contributed by atoms with E-state index in [0.29, 0.717) is 54.6 Å². The number of rotatable bonds is 3. The zero-order chi connectivity index (χ0) is 20.5. The minimum atomic E-state index is -0.387. The molecule has 1 aliphatic heterocycles. The highest BCUT2D eigenvalue weighted by Gasteiger charge is 2.24. The summed E-state index contributed by atoms with van der Waals surface area (Å²) in [5, 5.41) is 4.64. The summed E-state index contributed by atoms with van der Waals surface area (Å²) >= 11 is 0. The molecule has 2 aromatic carbocycles. The maximum atomic E-state index is 14.5. The predicted octanol–water partition coefficient (Wildman–Crippen LogP) is 3.67. The van der Waals surface area contributed by atoms with Crippen LogP contribution in [0, 0.1) is 5.82 Å². The zero-order valence-corrected chi connectivity index (χ0v) is 16.2. The third-order valence-electron chi connectivity index (χ3n) is 5.16. The fraction of sp³-hybridized carbons (Fsp3) is 0.174. The quantitative estimate of drug-likeness (QED) is 0.525. The maximum Gasteiger partial charge on any atom is 0.272 e. The van der Waals surface area contributed by atoms with Gasteiger partial charge in [-0.1, -0.05) is 42.5 Å². The molecule has 2 aromatic heterocycles. The molecular weight excluding hydrogens is 383 g/mol. The molecule has 30 heavy (non-hydrogen) atoms. The molecule has 6 nitrogen and oxygen atoms in total. The Kier molecular flexibility index (Phi) is 4.72. The summed E-state index contributed by atoms with van der Waals surface area (Å²) < 4.78 is 21.4. The average Bonchev–Trinajstić information content (AvgIpc) is 3.24. The van der Waals surface area contributed by atoms with E-state index in [1.54, 1.807) is 33.7 Å². The van der Waals surface area contributed by atoms with Crippen LogP contribution in [0.15, 0.2) is 66.7 Å². The van der Waals surface area contributed by atoms with E-state index in [2.05, 4.69) is 10.1 Å². The van der Waals surface area contributed by atoms with E-state index in [4.69, 9.17) is 4.74 Å². The number of carbonyl (C=O) groups is 1. The van der Waals surface area contributed by atoms with Gasteiger partial charge in [-0.15, -0.1) is 0 Å². The second-order valence-corrected chi connectivity index (χ2v) is 7.08. The molecule has 0 spiro atoms. The van der Waals surface area contributed by atoms with Gasteiger partial charge in [0.15, 0.2) is 5.65 Å². The highest BCUT2D eigenvalue weighted by molar-refractivity contribution is 5.94. The van der Waals surface area contributed by atoms with Crippen LogP contribution in [0.2, 0.25) is 0 Å². The Balaban J connectivity index is 1.69. The van der Waals surface area contributed by atoms with Gasteiger partial charge in [0, 0.05) is 30.3 Å². The van der Waals surface area contributed by atoms with Gasteiger partial charge in [0.2, 0.25) is 0 Å². The van der Waals surface area contributed by atoms with Gasteiger partial charge in [-0.25, -0.2) is 13.9 Å². The van der Waals surface area contributed by atoms with E-state index in [1.807, 2.05) is 36.4 Å². The molecule has 4 aromatic rings. The average molecular weight is 402 g/mol. The summed E-state index contributed by atoms with van der Waals surface area (Å²) in [7, 11) is 0. The van der Waals surface area contributed by atoms with Crippen LogP contribution in [-0.4, -0.2) is 51.7 Å². The first-order valence-electron chi connectivity index (χ1n) is 9.79. The van der Waals surface area contributed by atoms with Crippen LogP contribution in [0.3, 0.4) is 0 Å². The Bertz CT molecular complexity index is 1220. The molecule has 0 unspecified atom stereocenters. The SMILES string of the molecule is O=C(c1cc(-c2ccccc2F)nc2cc(-c3ccccc3)nn12)N1CCOCC1. The fourth-order valence-corrected chi connectivity index (χ4v) is 3.61. The van der Waals surface area contributed by atoms with Crippen molar-refractivity contribution in [2.45, 2.75) is 0 Å². The summed E-state index contributed by atoms with van der Waals surface area (Å²) in [6, 6.07) is 19.5. The number of hydrogen-bond donors (Lipinski definition) is 0. The van der Waals surface area contributed by atoms with Gasteiger partial charge in [-0.05, 0) is 18.2 Å². The second-order valence-electron chi connectivity index (χ2n) is 7.08. The Morgan fingerprint density at radius 3 is 2.43 bits per heavy atom. The molecular formula is C23H19FN4O2. The van der Waals surface area contributed by atoms with Crippen LogP contribution >= 0.6 is 0 Å². The fourth-order valence-electron chi connectivity index (χ4n) is 3.61. The molecule has 3 heterocycles. The summed E-state index contributed by atoms with van der Waals surface area (Å²) in [4.78, 5) is 19.7. The highest BCUT2D eigenvalue weighted by atomic mass is 19.1. The van der Waals surface area contributed by atoms with Crippen molar-refractivity contribution in [1.82, 2.24) is 19.5 Å². The molecule has 1 amide bonds. The van der Waals surface area contributed by atoms with Gasteiger partial charge in [0.1, 0.15) is 11.5 Å². The Morgan fingerprint density at radius 2 is 1.67 bits per heavy atom. The summed E-state index contributed by atoms with van der Waals surface area (Å²) in [5.74, 6) is -0.562. The summed E-state index contributed by atoms with van der Waals surface area (Å²) in [6.45, 7) is 2.00. The van der Waals surface area contributed by atoms with E-state index in [-0.39, 0.29) is 11.7 Å². The lowest BCUT2D eigenvalue weighted by Gasteiger charge is -2.27. The molecule has 1 fully saturated rings. The van der Waals surface area contributed by atoms with Gasteiger partial charge in [0.25, 0.3) is 5.91 Å². The monoisotopic (exact) mass is 402 g/mol. The van der Waals surface area contributed by atoms with Gasteiger partial charge >= 0.3 is 0 Å². The largest absolute Gasteiger partial charge is 0.378 e. The lowest BCUT2D eigenvalue weighted by molar-refractivity contribution is 0.0297. The molecule has 0 saturated carbocycles. The first-order chi connectivity index (χ1) is 14.7. The molecule has 5 rings (SSSR count). The molecule has 1 saturated heterocycles. The van der Waals surface area contributed by atoms with E-state index in [1.165, 1.54) is 6.07 Å². The normalized spacial score (nSPS) is 14.2. The number of fused-ring (bicyclic) bond motifs is 1. The molecule has 0 N–H and O–H groups in total. The second kappa shape index (κ2) is 7.68. The Labute approximate surface area is 172 Å². The van der Waals surface area contributed by atoms with Crippen LogP contribution in [0.1, 0.15) is 10.5 Å². The smallest absolute Gasteiger partial charge is 0.272 e. The van der Waals surface area contributed by atoms with Crippen molar-refractivity contribution in [3.05, 3.63) is 78.2 Å². The summed E-state index contributed by atoms with van der Waals surface area (Å²) in [5.41, 5.74) is 3.20. The predicted molar refractivity (Wildman–Crippen MR) is 111 cm³/mol. The van der Waals surface area contributed by atoms with Crippen LogP contribution in [0.4, 0.5) is 4.39 Å². The standard InChI is InChI=1S/C23H19FN4O2/c24-18-9-5-4-8-17(18)20-14-21(23(29)27-10-12-30-13-11-27)28-22(25-20)15-19(26-28)16-6-2-1-3-7-16/h1-9,14-15H,10-13H2. The van der Waals surface area contributed by atoms with Crippen molar-refractivity contribution < 1.29 is 13.9 Å². The zero-order valence-electron chi connectivity index (χ0n) is 16.2. The number of morpholine rings is 1. The van der Waals surface area contributed by atoms with Crippen molar-refractivity contribution in [2.75, 3.05) is 26.3 Å². The van der Waals surface area contributed by atoms with Gasteiger partial charge in [-0.3, -0.25) is 4.79 Å². The van der Waals surface area contributed by atoms with Crippen LogP contribution in [-0.2, 0) is 4.74 Å². The molecule has 1 aliphatic rings. The molecule has 0 bridgehead atoms. The van der Waals surface area contributed by atoms with Crippen LogP contribution in [0.5, 0.6) is 0 Å². The minimum absolute atomic E-state index is 0.175. The van der Waals surface area contributed by atoms with E-state index >= 15 is 0 Å². The lowest BCUT2D eigenvalue weighted by Crippen LogP contribution is -2.41. The van der Waals surface area contributed by atoms with E-state index in [0.717, 1.165) is 5.56 Å². The van der Waals surface area contributed by atoms with Gasteiger partial charge in [0.05, 0.1) is 24.6 Å². The van der Waals surface area contributed by atoms with Crippen molar-refractivity contribution in [3.63, 3.8) is 0 Å². The van der Waals surface area contributed by atoms with Crippen molar-refractivity contribution in [1.29, 1.82) is 0 Å². The lowest BCUT2D eigenvalue weighted by atomic mass is 10.1. The first-order valence-corrected chi connectivity index (χ1v) is 9.79. The molecule has 0 radical (unpaired) electrons. The highest BCUT2D eigenvalue weighted by Crippen LogP contribution is 2.26. The Morgan fingerprint density at radius 1 is 0.933 bits per heavy atom. The third-order valence-corrected chi connectivity index (χ3v) is 5.16. The topological polar surface area (TPSA) is 59.7 Å². The number of halogens is 1. The minimum Gasteiger partial charge on any atom is -0.378 e. The summed E-state index contributed by atoms with van der Waals surface area (Å²) in [6.07, 6.45) is 0. The van der Waals surface area contributed by atoms with Gasteiger partial charge in [-0.2, -0.15) is 5.10 Å². The number of carbonyl (C=O) groups excluding carboxylic acids is 1. The third kappa shape index (κ3) is 3.33.